The number of benzene rings is 2. The van der Waals surface area contributed by atoms with Gasteiger partial charge in [0.15, 0.2) is 17.3 Å². The van der Waals surface area contributed by atoms with E-state index in [4.69, 9.17) is 18.9 Å². The minimum atomic E-state index is -0.909. The fraction of sp³-hybridized carbons (Fsp3) is 0.261. The first-order valence-electron chi connectivity index (χ1n) is 9.56. The third kappa shape index (κ3) is 4.48. The molecule has 156 valence electrons. The maximum absolute atomic E-state index is 12.4. The molecule has 2 heterocycles. The number of carbonyl (C=O) groups is 1. The highest BCUT2D eigenvalue weighted by Gasteiger charge is 2.34. The van der Waals surface area contributed by atoms with Crippen LogP contribution in [0.25, 0.3) is 20.9 Å². The summed E-state index contributed by atoms with van der Waals surface area (Å²) in [5, 5.41) is 10.9. The van der Waals surface area contributed by atoms with Gasteiger partial charge in [-0.1, -0.05) is 60.7 Å². The van der Waals surface area contributed by atoms with Crippen molar-refractivity contribution in [3.63, 3.8) is 0 Å². The molecule has 0 saturated carbocycles. The minimum absolute atomic E-state index is 0.000620. The molecular weight excluding hydrogens is 404 g/mol. The molecule has 0 bridgehead atoms. The Labute approximate surface area is 178 Å². The van der Waals surface area contributed by atoms with Crippen LogP contribution in [0.4, 0.5) is 4.79 Å². The van der Waals surface area contributed by atoms with Crippen molar-refractivity contribution in [2.75, 3.05) is 13.2 Å². The monoisotopic (exact) mass is 426 g/mol. The van der Waals surface area contributed by atoms with Gasteiger partial charge in [-0.2, -0.15) is 0 Å². The van der Waals surface area contributed by atoms with E-state index in [1.165, 1.54) is 11.3 Å². The largest absolute Gasteiger partial charge is 0.514 e. The van der Waals surface area contributed by atoms with Crippen LogP contribution in [0.15, 0.2) is 60.7 Å². The van der Waals surface area contributed by atoms with Crippen LogP contribution in [0.2, 0.25) is 0 Å². The highest BCUT2D eigenvalue weighted by molar-refractivity contribution is 7.19. The second-order valence-corrected chi connectivity index (χ2v) is 8.30. The first-order valence-corrected chi connectivity index (χ1v) is 10.4. The molecule has 1 unspecified atom stereocenters. The molecule has 1 saturated heterocycles. The molecule has 3 aromatic rings. The Morgan fingerprint density at radius 2 is 1.67 bits per heavy atom. The Balaban J connectivity index is 1.57. The topological polar surface area (TPSA) is 74.2 Å². The lowest BCUT2D eigenvalue weighted by atomic mass is 10.1. The van der Waals surface area contributed by atoms with Gasteiger partial charge in [-0.05, 0) is 25.0 Å². The molecule has 2 aromatic carbocycles. The number of aromatic hydroxyl groups is 1. The molecule has 7 heteroatoms. The van der Waals surface area contributed by atoms with Crippen molar-refractivity contribution in [1.29, 1.82) is 0 Å². The Hall–Kier alpha value is -2.87. The number of ether oxygens (including phenoxy) is 4. The SMILES string of the molecule is CC1(C)OCC(COC(=O)Oc2c(-c3ccccc3)sc(-c3ccccc3)c2O)O1. The number of hydrogen-bond donors (Lipinski definition) is 1. The summed E-state index contributed by atoms with van der Waals surface area (Å²) in [4.78, 5) is 13.6. The molecule has 0 aliphatic carbocycles. The molecule has 0 amide bonds. The molecule has 1 aliphatic rings. The summed E-state index contributed by atoms with van der Waals surface area (Å²) < 4.78 is 21.7. The van der Waals surface area contributed by atoms with Crippen molar-refractivity contribution >= 4 is 17.5 Å². The van der Waals surface area contributed by atoms with Gasteiger partial charge in [0.2, 0.25) is 0 Å². The van der Waals surface area contributed by atoms with Gasteiger partial charge in [-0.25, -0.2) is 4.79 Å². The molecule has 1 fully saturated rings. The smallest absolute Gasteiger partial charge is 0.503 e. The van der Waals surface area contributed by atoms with Crippen LogP contribution >= 0.6 is 11.3 Å². The highest BCUT2D eigenvalue weighted by Crippen LogP contribution is 2.51. The minimum Gasteiger partial charge on any atom is -0.503 e. The molecule has 1 aliphatic heterocycles. The van der Waals surface area contributed by atoms with Gasteiger partial charge in [0.25, 0.3) is 0 Å². The molecule has 1 aromatic heterocycles. The van der Waals surface area contributed by atoms with Gasteiger partial charge < -0.3 is 24.1 Å². The third-order valence-electron chi connectivity index (χ3n) is 4.55. The average Bonchev–Trinajstić information content (AvgIpc) is 3.27. The number of carbonyl (C=O) groups excluding carboxylic acids is 1. The van der Waals surface area contributed by atoms with Crippen molar-refractivity contribution in [3.05, 3.63) is 60.7 Å². The van der Waals surface area contributed by atoms with Crippen LogP contribution in [-0.4, -0.2) is 36.4 Å². The quantitative estimate of drug-likeness (QED) is 0.547. The molecule has 1 N–H and O–H groups in total. The summed E-state index contributed by atoms with van der Waals surface area (Å²) in [6.45, 7) is 3.93. The summed E-state index contributed by atoms with van der Waals surface area (Å²) in [5.74, 6) is -0.711. The Bertz CT molecular complexity index is 1010. The standard InChI is InChI=1S/C23H22O6S/c1-23(2)27-14-17(29-23)13-26-22(25)28-19-18(24)20(15-9-5-3-6-10-15)30-21(19)16-11-7-4-8-12-16/h3-12,17,24H,13-14H2,1-2H3. The summed E-state index contributed by atoms with van der Waals surface area (Å²) in [7, 11) is 0. The third-order valence-corrected chi connectivity index (χ3v) is 5.81. The van der Waals surface area contributed by atoms with Crippen LogP contribution in [-0.2, 0) is 14.2 Å². The van der Waals surface area contributed by atoms with Crippen molar-refractivity contribution in [2.45, 2.75) is 25.7 Å². The predicted octanol–water partition coefficient (Wildman–Crippen LogP) is 5.45. The number of thiophene rings is 1. The van der Waals surface area contributed by atoms with Crippen molar-refractivity contribution in [2.24, 2.45) is 0 Å². The van der Waals surface area contributed by atoms with Crippen molar-refractivity contribution in [3.8, 4) is 32.4 Å². The zero-order valence-corrected chi connectivity index (χ0v) is 17.5. The number of rotatable bonds is 5. The molecule has 6 nitrogen and oxygen atoms in total. The van der Waals surface area contributed by atoms with Crippen LogP contribution < -0.4 is 4.74 Å². The summed E-state index contributed by atoms with van der Waals surface area (Å²) in [6, 6.07) is 18.9. The fourth-order valence-electron chi connectivity index (χ4n) is 3.19. The summed E-state index contributed by atoms with van der Waals surface area (Å²) >= 11 is 1.35. The molecule has 30 heavy (non-hydrogen) atoms. The summed E-state index contributed by atoms with van der Waals surface area (Å²) in [6.07, 6.45) is -1.27. The van der Waals surface area contributed by atoms with E-state index in [1.54, 1.807) is 13.8 Å². The maximum Gasteiger partial charge on any atom is 0.514 e. The average molecular weight is 426 g/mol. The Morgan fingerprint density at radius 3 is 2.23 bits per heavy atom. The van der Waals surface area contributed by atoms with E-state index < -0.39 is 11.9 Å². The van der Waals surface area contributed by atoms with Crippen LogP contribution in [0.1, 0.15) is 13.8 Å². The van der Waals surface area contributed by atoms with E-state index in [0.29, 0.717) is 16.4 Å². The second-order valence-electron chi connectivity index (χ2n) is 7.28. The van der Waals surface area contributed by atoms with Crippen LogP contribution in [0.3, 0.4) is 0 Å². The van der Waals surface area contributed by atoms with E-state index in [2.05, 4.69) is 0 Å². The van der Waals surface area contributed by atoms with E-state index in [9.17, 15) is 9.90 Å². The fourth-order valence-corrected chi connectivity index (χ4v) is 4.32. The van der Waals surface area contributed by atoms with Gasteiger partial charge >= 0.3 is 6.16 Å². The van der Waals surface area contributed by atoms with E-state index in [1.807, 2.05) is 60.7 Å². The molecule has 4 rings (SSSR count). The van der Waals surface area contributed by atoms with Gasteiger partial charge in [0.1, 0.15) is 12.7 Å². The van der Waals surface area contributed by atoms with Gasteiger partial charge in [0.05, 0.1) is 16.4 Å². The maximum atomic E-state index is 12.4. The van der Waals surface area contributed by atoms with Gasteiger partial charge in [-0.3, -0.25) is 0 Å². The van der Waals surface area contributed by atoms with E-state index >= 15 is 0 Å². The van der Waals surface area contributed by atoms with Crippen molar-refractivity contribution < 1.29 is 28.8 Å². The second kappa shape index (κ2) is 8.47. The zero-order valence-electron chi connectivity index (χ0n) is 16.7. The predicted molar refractivity (Wildman–Crippen MR) is 114 cm³/mol. The van der Waals surface area contributed by atoms with Gasteiger partial charge in [-0.15, -0.1) is 11.3 Å². The lowest BCUT2D eigenvalue weighted by Gasteiger charge is -2.16. The van der Waals surface area contributed by atoms with Crippen LogP contribution in [0, 0.1) is 0 Å². The normalized spacial score (nSPS) is 17.6. The Kier molecular flexibility index (Phi) is 5.76. The molecule has 1 atom stereocenters. The zero-order chi connectivity index (χ0) is 21.1. The van der Waals surface area contributed by atoms with E-state index in [0.717, 1.165) is 11.1 Å². The Morgan fingerprint density at radius 1 is 1.07 bits per heavy atom. The number of hydrogen-bond acceptors (Lipinski definition) is 7. The van der Waals surface area contributed by atoms with E-state index in [-0.39, 0.29) is 24.2 Å². The lowest BCUT2D eigenvalue weighted by Crippen LogP contribution is -2.26. The highest BCUT2D eigenvalue weighted by atomic mass is 32.1. The van der Waals surface area contributed by atoms with Crippen LogP contribution in [0.5, 0.6) is 11.5 Å². The first-order chi connectivity index (χ1) is 14.4. The molecular formula is C23H22O6S. The van der Waals surface area contributed by atoms with Gasteiger partial charge in [0, 0.05) is 0 Å². The molecule has 0 radical (unpaired) electrons. The summed E-state index contributed by atoms with van der Waals surface area (Å²) in [5.41, 5.74) is 1.66. The molecule has 0 spiro atoms. The van der Waals surface area contributed by atoms with Crippen molar-refractivity contribution in [1.82, 2.24) is 0 Å². The lowest BCUT2D eigenvalue weighted by molar-refractivity contribution is -0.143. The first kappa shape index (κ1) is 20.4.